The number of imidazole rings is 1. The SMILES string of the molecule is COc1cc2nc(-c3ccc(Br)s3)[nH]c2cc1OC. The summed E-state index contributed by atoms with van der Waals surface area (Å²) in [4.78, 5) is 8.96. The Bertz CT molecular complexity index is 694. The van der Waals surface area contributed by atoms with Crippen LogP contribution in [0.1, 0.15) is 0 Å². The minimum absolute atomic E-state index is 0.681. The predicted octanol–water partition coefficient (Wildman–Crippen LogP) is 4.07. The number of H-pyrrole nitrogens is 1. The number of aromatic amines is 1. The standard InChI is InChI=1S/C13H11BrN2O2S/c1-17-9-5-7-8(6-10(9)18-2)16-13(15-7)11-3-4-12(14)19-11/h3-6H,1-2H3,(H,15,16). The average molecular weight is 339 g/mol. The number of benzene rings is 1. The first-order valence-electron chi connectivity index (χ1n) is 5.58. The maximum atomic E-state index is 5.29. The summed E-state index contributed by atoms with van der Waals surface area (Å²) in [7, 11) is 3.24. The first kappa shape index (κ1) is 12.5. The van der Waals surface area contributed by atoms with E-state index in [1.165, 1.54) is 0 Å². The normalized spacial score (nSPS) is 10.9. The van der Waals surface area contributed by atoms with Crippen molar-refractivity contribution < 1.29 is 9.47 Å². The molecule has 0 unspecified atom stereocenters. The lowest BCUT2D eigenvalue weighted by atomic mass is 10.3. The van der Waals surface area contributed by atoms with Crippen LogP contribution in [0, 0.1) is 0 Å². The second-order valence-electron chi connectivity index (χ2n) is 3.91. The van der Waals surface area contributed by atoms with E-state index in [0.29, 0.717) is 11.5 Å². The van der Waals surface area contributed by atoms with Gasteiger partial charge in [0.2, 0.25) is 0 Å². The van der Waals surface area contributed by atoms with E-state index in [2.05, 4.69) is 25.9 Å². The van der Waals surface area contributed by atoms with E-state index in [0.717, 1.165) is 25.5 Å². The Kier molecular flexibility index (Phi) is 3.20. The van der Waals surface area contributed by atoms with Gasteiger partial charge in [0, 0.05) is 12.1 Å². The fourth-order valence-corrected chi connectivity index (χ4v) is 3.23. The van der Waals surface area contributed by atoms with Crippen LogP contribution in [-0.4, -0.2) is 24.2 Å². The molecule has 3 aromatic rings. The highest BCUT2D eigenvalue weighted by Gasteiger charge is 2.11. The van der Waals surface area contributed by atoms with Gasteiger partial charge in [-0.1, -0.05) is 0 Å². The number of hydrogen-bond donors (Lipinski definition) is 1. The van der Waals surface area contributed by atoms with Crippen molar-refractivity contribution in [3.63, 3.8) is 0 Å². The third kappa shape index (κ3) is 2.21. The molecule has 0 radical (unpaired) electrons. The van der Waals surface area contributed by atoms with Gasteiger partial charge in [0.15, 0.2) is 11.5 Å². The zero-order valence-electron chi connectivity index (χ0n) is 10.4. The zero-order chi connectivity index (χ0) is 13.4. The maximum absolute atomic E-state index is 5.29. The molecule has 4 nitrogen and oxygen atoms in total. The summed E-state index contributed by atoms with van der Waals surface area (Å²) >= 11 is 5.09. The van der Waals surface area contributed by atoms with Gasteiger partial charge >= 0.3 is 0 Å². The molecule has 0 atom stereocenters. The summed E-state index contributed by atoms with van der Waals surface area (Å²) in [5, 5.41) is 0. The predicted molar refractivity (Wildman–Crippen MR) is 80.2 cm³/mol. The van der Waals surface area contributed by atoms with Crippen LogP contribution < -0.4 is 9.47 Å². The largest absolute Gasteiger partial charge is 0.493 e. The zero-order valence-corrected chi connectivity index (χ0v) is 12.8. The van der Waals surface area contributed by atoms with Crippen molar-refractivity contribution in [1.29, 1.82) is 0 Å². The van der Waals surface area contributed by atoms with Gasteiger partial charge in [-0.05, 0) is 28.1 Å². The quantitative estimate of drug-likeness (QED) is 0.782. The lowest BCUT2D eigenvalue weighted by Crippen LogP contribution is -1.89. The van der Waals surface area contributed by atoms with Gasteiger partial charge in [-0.15, -0.1) is 11.3 Å². The van der Waals surface area contributed by atoms with E-state index < -0.39 is 0 Å². The van der Waals surface area contributed by atoms with E-state index in [1.54, 1.807) is 25.6 Å². The van der Waals surface area contributed by atoms with Crippen LogP contribution in [0.15, 0.2) is 28.1 Å². The van der Waals surface area contributed by atoms with Crippen LogP contribution in [-0.2, 0) is 0 Å². The smallest absolute Gasteiger partial charge is 0.163 e. The Morgan fingerprint density at radius 2 is 1.89 bits per heavy atom. The Morgan fingerprint density at radius 1 is 1.16 bits per heavy atom. The fourth-order valence-electron chi connectivity index (χ4n) is 1.90. The molecule has 2 aromatic heterocycles. The molecule has 3 rings (SSSR count). The number of fused-ring (bicyclic) bond motifs is 1. The van der Waals surface area contributed by atoms with Crippen LogP contribution in [0.3, 0.4) is 0 Å². The maximum Gasteiger partial charge on any atom is 0.163 e. The molecule has 2 heterocycles. The molecule has 0 aliphatic carbocycles. The molecule has 0 aliphatic heterocycles. The van der Waals surface area contributed by atoms with Crippen molar-refractivity contribution in [1.82, 2.24) is 9.97 Å². The molecule has 0 saturated carbocycles. The van der Waals surface area contributed by atoms with Crippen molar-refractivity contribution in [2.45, 2.75) is 0 Å². The van der Waals surface area contributed by atoms with Gasteiger partial charge in [0.05, 0.1) is 33.9 Å². The highest BCUT2D eigenvalue weighted by atomic mass is 79.9. The second-order valence-corrected chi connectivity index (χ2v) is 6.38. The molecular formula is C13H11BrN2O2S. The van der Waals surface area contributed by atoms with Crippen LogP contribution in [0.5, 0.6) is 11.5 Å². The molecule has 0 aliphatic rings. The molecule has 1 aromatic carbocycles. The Hall–Kier alpha value is -1.53. The molecular weight excluding hydrogens is 328 g/mol. The summed E-state index contributed by atoms with van der Waals surface area (Å²) in [6, 6.07) is 7.80. The van der Waals surface area contributed by atoms with E-state index in [1.807, 2.05) is 24.3 Å². The van der Waals surface area contributed by atoms with Crippen molar-refractivity contribution >= 4 is 38.3 Å². The molecule has 0 spiro atoms. The second kappa shape index (κ2) is 4.86. The van der Waals surface area contributed by atoms with Crippen molar-refractivity contribution in [3.05, 3.63) is 28.1 Å². The van der Waals surface area contributed by atoms with Crippen LogP contribution in [0.4, 0.5) is 0 Å². The van der Waals surface area contributed by atoms with E-state index in [-0.39, 0.29) is 0 Å². The monoisotopic (exact) mass is 338 g/mol. The average Bonchev–Trinajstić information content (AvgIpc) is 3.02. The molecule has 1 N–H and O–H groups in total. The van der Waals surface area contributed by atoms with Crippen molar-refractivity contribution in [3.8, 4) is 22.2 Å². The summed E-state index contributed by atoms with van der Waals surface area (Å²) in [6.45, 7) is 0. The summed E-state index contributed by atoms with van der Waals surface area (Å²) < 4.78 is 11.6. The highest BCUT2D eigenvalue weighted by Crippen LogP contribution is 2.34. The number of ether oxygens (including phenoxy) is 2. The van der Waals surface area contributed by atoms with Gasteiger partial charge in [-0.3, -0.25) is 0 Å². The number of nitrogens with one attached hydrogen (secondary N) is 1. The minimum atomic E-state index is 0.681. The molecule has 0 fully saturated rings. The van der Waals surface area contributed by atoms with Crippen molar-refractivity contribution in [2.75, 3.05) is 14.2 Å². The van der Waals surface area contributed by atoms with Gasteiger partial charge in [-0.2, -0.15) is 0 Å². The van der Waals surface area contributed by atoms with Gasteiger partial charge in [0.25, 0.3) is 0 Å². The Balaban J connectivity index is 2.15. The molecule has 19 heavy (non-hydrogen) atoms. The summed E-state index contributed by atoms with van der Waals surface area (Å²) in [5.41, 5.74) is 1.79. The molecule has 0 saturated heterocycles. The van der Waals surface area contributed by atoms with Crippen LogP contribution in [0.2, 0.25) is 0 Å². The van der Waals surface area contributed by atoms with Crippen LogP contribution in [0.25, 0.3) is 21.7 Å². The third-order valence-corrected chi connectivity index (χ3v) is 4.42. The number of nitrogens with zero attached hydrogens (tertiary/aromatic N) is 1. The van der Waals surface area contributed by atoms with Crippen LogP contribution >= 0.6 is 27.3 Å². The molecule has 98 valence electrons. The van der Waals surface area contributed by atoms with Gasteiger partial charge < -0.3 is 14.5 Å². The summed E-state index contributed by atoms with van der Waals surface area (Å²) in [6.07, 6.45) is 0. The van der Waals surface area contributed by atoms with Gasteiger partial charge in [0.1, 0.15) is 5.82 Å². The Labute approximate surface area is 122 Å². The highest BCUT2D eigenvalue weighted by molar-refractivity contribution is 9.11. The first-order chi connectivity index (χ1) is 9.21. The van der Waals surface area contributed by atoms with Gasteiger partial charge in [-0.25, -0.2) is 4.98 Å². The number of thiophene rings is 1. The first-order valence-corrected chi connectivity index (χ1v) is 7.19. The topological polar surface area (TPSA) is 47.1 Å². The molecule has 6 heteroatoms. The van der Waals surface area contributed by atoms with E-state index in [9.17, 15) is 0 Å². The van der Waals surface area contributed by atoms with E-state index in [4.69, 9.17) is 9.47 Å². The number of hydrogen-bond acceptors (Lipinski definition) is 4. The summed E-state index contributed by atoms with van der Waals surface area (Å²) in [5.74, 6) is 2.22. The lowest BCUT2D eigenvalue weighted by molar-refractivity contribution is 0.356. The van der Waals surface area contributed by atoms with E-state index >= 15 is 0 Å². The number of rotatable bonds is 3. The lowest BCUT2D eigenvalue weighted by Gasteiger charge is -2.06. The fraction of sp³-hybridized carbons (Fsp3) is 0.154. The van der Waals surface area contributed by atoms with Crippen molar-refractivity contribution in [2.24, 2.45) is 0 Å². The number of methoxy groups -OCH3 is 2. The number of aromatic nitrogens is 2. The minimum Gasteiger partial charge on any atom is -0.493 e. The molecule has 0 amide bonds. The number of halogens is 1. The third-order valence-electron chi connectivity index (χ3n) is 2.79. The molecule has 0 bridgehead atoms. The Morgan fingerprint density at radius 3 is 2.53 bits per heavy atom.